The van der Waals surface area contributed by atoms with Crippen LogP contribution in [0.4, 0.5) is 0 Å². The minimum atomic E-state index is -0.647. The van der Waals surface area contributed by atoms with Crippen molar-refractivity contribution in [3.8, 4) is 0 Å². The van der Waals surface area contributed by atoms with Crippen LogP contribution in [-0.2, 0) is 9.53 Å². The number of carbonyl (C=O) groups is 1. The van der Waals surface area contributed by atoms with Crippen LogP contribution in [0.3, 0.4) is 0 Å². The third-order valence-corrected chi connectivity index (χ3v) is 1.65. The zero-order valence-corrected chi connectivity index (χ0v) is 8.33. The lowest BCUT2D eigenvalue weighted by Gasteiger charge is -2.25. The number of ether oxygens (including phenoxy) is 1. The van der Waals surface area contributed by atoms with E-state index in [0.717, 1.165) is 0 Å². The van der Waals surface area contributed by atoms with E-state index in [2.05, 4.69) is 5.32 Å². The Morgan fingerprint density at radius 2 is 2.23 bits per heavy atom. The van der Waals surface area contributed by atoms with Crippen LogP contribution < -0.4 is 11.1 Å². The summed E-state index contributed by atoms with van der Waals surface area (Å²) in [6, 6.07) is 0. The molecule has 13 heavy (non-hydrogen) atoms. The molecule has 0 saturated heterocycles. The first-order chi connectivity index (χ1) is 5.96. The maximum absolute atomic E-state index is 11.4. The minimum absolute atomic E-state index is 0.125. The van der Waals surface area contributed by atoms with E-state index >= 15 is 0 Å². The van der Waals surface area contributed by atoms with Gasteiger partial charge in [-0.15, -0.1) is 0 Å². The number of amides is 1. The highest BCUT2D eigenvalue weighted by molar-refractivity contribution is 5.81. The fourth-order valence-corrected chi connectivity index (χ4v) is 0.764. The lowest BCUT2D eigenvalue weighted by molar-refractivity contribution is -0.132. The van der Waals surface area contributed by atoms with E-state index in [-0.39, 0.29) is 19.1 Å². The van der Waals surface area contributed by atoms with E-state index in [1.54, 1.807) is 13.8 Å². The second kappa shape index (κ2) is 5.16. The van der Waals surface area contributed by atoms with Crippen LogP contribution >= 0.6 is 0 Å². The number of hydrogen-bond acceptors (Lipinski definition) is 4. The van der Waals surface area contributed by atoms with Gasteiger partial charge in [0.15, 0.2) is 0 Å². The maximum Gasteiger partial charge on any atom is 0.250 e. The Morgan fingerprint density at radius 1 is 1.69 bits per heavy atom. The van der Waals surface area contributed by atoms with Crippen molar-refractivity contribution in [3.05, 3.63) is 0 Å². The van der Waals surface area contributed by atoms with Crippen LogP contribution in [0.2, 0.25) is 0 Å². The van der Waals surface area contributed by atoms with Crippen molar-refractivity contribution >= 4 is 5.91 Å². The Morgan fingerprint density at radius 3 is 2.54 bits per heavy atom. The number of methoxy groups -OCH3 is 1. The average Bonchev–Trinajstić information content (AvgIpc) is 2.06. The standard InChI is InChI=1S/C8H18N2O3/c1-8(2,5-11)10-7(12)6(4-9)13-3/h6,11H,4-5,9H2,1-3H3,(H,10,12). The monoisotopic (exact) mass is 190 g/mol. The van der Waals surface area contributed by atoms with Gasteiger partial charge in [-0.3, -0.25) is 4.79 Å². The summed E-state index contributed by atoms with van der Waals surface area (Å²) in [6.45, 7) is 3.44. The Balaban J connectivity index is 4.13. The van der Waals surface area contributed by atoms with E-state index in [4.69, 9.17) is 15.6 Å². The zero-order valence-electron chi connectivity index (χ0n) is 8.33. The van der Waals surface area contributed by atoms with Gasteiger partial charge in [0.2, 0.25) is 0 Å². The fraction of sp³-hybridized carbons (Fsp3) is 0.875. The smallest absolute Gasteiger partial charge is 0.250 e. The quantitative estimate of drug-likeness (QED) is 0.511. The van der Waals surface area contributed by atoms with Crippen molar-refractivity contribution in [1.82, 2.24) is 5.32 Å². The zero-order chi connectivity index (χ0) is 10.5. The third-order valence-electron chi connectivity index (χ3n) is 1.65. The molecule has 0 radical (unpaired) electrons. The van der Waals surface area contributed by atoms with Gasteiger partial charge in [0.25, 0.3) is 5.91 Å². The number of aliphatic hydroxyl groups excluding tert-OH is 1. The van der Waals surface area contributed by atoms with Crippen molar-refractivity contribution < 1.29 is 14.6 Å². The average molecular weight is 190 g/mol. The summed E-state index contributed by atoms with van der Waals surface area (Å²) in [7, 11) is 1.42. The molecule has 0 aromatic rings. The van der Waals surface area contributed by atoms with E-state index in [1.807, 2.05) is 0 Å². The number of hydrogen-bond donors (Lipinski definition) is 3. The molecule has 0 fully saturated rings. The molecular formula is C8H18N2O3. The van der Waals surface area contributed by atoms with Gasteiger partial charge < -0.3 is 20.9 Å². The normalized spacial score (nSPS) is 13.9. The summed E-state index contributed by atoms with van der Waals surface area (Å²) in [5.74, 6) is -0.302. The third kappa shape index (κ3) is 4.21. The van der Waals surface area contributed by atoms with E-state index in [0.29, 0.717) is 0 Å². The number of nitrogens with two attached hydrogens (primary N) is 1. The summed E-state index contributed by atoms with van der Waals surface area (Å²) >= 11 is 0. The molecule has 0 rings (SSSR count). The number of nitrogens with one attached hydrogen (secondary N) is 1. The van der Waals surface area contributed by atoms with Gasteiger partial charge in [-0.2, -0.15) is 0 Å². The molecule has 0 aliphatic rings. The van der Waals surface area contributed by atoms with Crippen LogP contribution in [0.15, 0.2) is 0 Å². The first kappa shape index (κ1) is 12.3. The molecule has 0 aliphatic heterocycles. The van der Waals surface area contributed by atoms with Crippen molar-refractivity contribution in [2.75, 3.05) is 20.3 Å². The summed E-state index contributed by atoms with van der Waals surface area (Å²) < 4.78 is 4.83. The molecule has 0 saturated carbocycles. The highest BCUT2D eigenvalue weighted by Gasteiger charge is 2.23. The minimum Gasteiger partial charge on any atom is -0.394 e. The maximum atomic E-state index is 11.4. The Kier molecular flexibility index (Phi) is 4.90. The van der Waals surface area contributed by atoms with Crippen LogP contribution in [0.5, 0.6) is 0 Å². The van der Waals surface area contributed by atoms with Gasteiger partial charge in [0.05, 0.1) is 12.1 Å². The molecule has 0 aliphatic carbocycles. The lowest BCUT2D eigenvalue weighted by Crippen LogP contribution is -2.52. The van der Waals surface area contributed by atoms with E-state index in [9.17, 15) is 4.79 Å². The molecule has 1 atom stereocenters. The Bertz CT molecular complexity index is 167. The second-order valence-electron chi connectivity index (χ2n) is 3.49. The molecule has 4 N–H and O–H groups in total. The molecule has 5 nitrogen and oxygen atoms in total. The topological polar surface area (TPSA) is 84.6 Å². The molecule has 0 bridgehead atoms. The van der Waals surface area contributed by atoms with Crippen molar-refractivity contribution in [1.29, 1.82) is 0 Å². The molecule has 5 heteroatoms. The predicted octanol–water partition coefficient (Wildman–Crippen LogP) is -1.15. The van der Waals surface area contributed by atoms with Crippen LogP contribution in [0.1, 0.15) is 13.8 Å². The second-order valence-corrected chi connectivity index (χ2v) is 3.49. The van der Waals surface area contributed by atoms with Gasteiger partial charge in [-0.25, -0.2) is 0 Å². The summed E-state index contributed by atoms with van der Waals surface area (Å²) in [5, 5.41) is 11.5. The van der Waals surface area contributed by atoms with Gasteiger partial charge in [-0.1, -0.05) is 0 Å². The number of rotatable bonds is 5. The van der Waals surface area contributed by atoms with Gasteiger partial charge in [-0.05, 0) is 13.8 Å². The van der Waals surface area contributed by atoms with Gasteiger partial charge >= 0.3 is 0 Å². The number of carbonyl (C=O) groups excluding carboxylic acids is 1. The lowest BCUT2D eigenvalue weighted by atomic mass is 10.1. The molecule has 1 unspecified atom stereocenters. The number of aliphatic hydroxyl groups is 1. The predicted molar refractivity (Wildman–Crippen MR) is 49.2 cm³/mol. The van der Waals surface area contributed by atoms with Crippen molar-refractivity contribution in [2.24, 2.45) is 5.73 Å². The molecule has 0 aromatic heterocycles. The summed E-state index contributed by atoms with van der Waals surface area (Å²) in [4.78, 5) is 11.4. The molecular weight excluding hydrogens is 172 g/mol. The van der Waals surface area contributed by atoms with Gasteiger partial charge in [0, 0.05) is 13.7 Å². The summed E-state index contributed by atoms with van der Waals surface area (Å²) in [6.07, 6.45) is -0.647. The van der Waals surface area contributed by atoms with Gasteiger partial charge in [0.1, 0.15) is 6.10 Å². The highest BCUT2D eigenvalue weighted by atomic mass is 16.5. The Hall–Kier alpha value is -0.650. The first-order valence-electron chi connectivity index (χ1n) is 4.12. The molecule has 0 spiro atoms. The van der Waals surface area contributed by atoms with Crippen molar-refractivity contribution in [2.45, 2.75) is 25.5 Å². The van der Waals surface area contributed by atoms with Crippen LogP contribution in [-0.4, -0.2) is 42.9 Å². The SMILES string of the molecule is COC(CN)C(=O)NC(C)(C)CO. The summed E-state index contributed by atoms with van der Waals surface area (Å²) in [5.41, 5.74) is 4.66. The fourth-order valence-electron chi connectivity index (χ4n) is 0.764. The molecule has 1 amide bonds. The highest BCUT2D eigenvalue weighted by Crippen LogP contribution is 2.01. The largest absolute Gasteiger partial charge is 0.394 e. The van der Waals surface area contributed by atoms with E-state index < -0.39 is 11.6 Å². The molecule has 0 heterocycles. The van der Waals surface area contributed by atoms with E-state index in [1.165, 1.54) is 7.11 Å². The Labute approximate surface area is 78.3 Å². The molecule has 0 aromatic carbocycles. The first-order valence-corrected chi connectivity index (χ1v) is 4.12. The van der Waals surface area contributed by atoms with Crippen LogP contribution in [0, 0.1) is 0 Å². The van der Waals surface area contributed by atoms with Crippen molar-refractivity contribution in [3.63, 3.8) is 0 Å². The molecule has 78 valence electrons. The van der Waals surface area contributed by atoms with Crippen LogP contribution in [0.25, 0.3) is 0 Å².